The zero-order valence-electron chi connectivity index (χ0n) is 17.9. The van der Waals surface area contributed by atoms with Crippen LogP contribution < -0.4 is 10.1 Å². The number of fused-ring (bicyclic) bond motifs is 1. The van der Waals surface area contributed by atoms with Crippen molar-refractivity contribution in [2.45, 2.75) is 51.1 Å². The number of halogens is 1. The number of ether oxygens (including phenoxy) is 1. The number of hydrogen-bond donors (Lipinski definition) is 1. The monoisotopic (exact) mass is 501 g/mol. The minimum Gasteiger partial charge on any atom is -0.496 e. The van der Waals surface area contributed by atoms with Gasteiger partial charge in [0.15, 0.2) is 0 Å². The van der Waals surface area contributed by atoms with Crippen molar-refractivity contribution in [1.82, 2.24) is 4.90 Å². The lowest BCUT2D eigenvalue weighted by Crippen LogP contribution is -2.58. The molecule has 9 heteroatoms. The van der Waals surface area contributed by atoms with Crippen LogP contribution in [0.5, 0.6) is 5.75 Å². The number of nitrogens with zero attached hydrogens (tertiary/aromatic N) is 2. The van der Waals surface area contributed by atoms with Crippen LogP contribution in [0, 0.1) is 17.0 Å². The number of nitro groups is 1. The first kappa shape index (κ1) is 22.3. The molecule has 1 aliphatic carbocycles. The summed E-state index contributed by atoms with van der Waals surface area (Å²) in [6.45, 7) is 2.15. The van der Waals surface area contributed by atoms with Gasteiger partial charge in [0.05, 0.1) is 17.6 Å². The molecule has 2 aromatic rings. The van der Waals surface area contributed by atoms with E-state index in [1.165, 1.54) is 12.1 Å². The molecule has 0 saturated heterocycles. The maximum Gasteiger partial charge on any atom is 0.271 e. The number of carbonyl (C=O) groups is 2. The summed E-state index contributed by atoms with van der Waals surface area (Å²) in [6.07, 6.45) is 3.73. The highest BCUT2D eigenvalue weighted by molar-refractivity contribution is 9.10. The van der Waals surface area contributed by atoms with Crippen molar-refractivity contribution in [3.8, 4) is 5.75 Å². The summed E-state index contributed by atoms with van der Waals surface area (Å²) >= 11 is 3.38. The molecule has 1 fully saturated rings. The summed E-state index contributed by atoms with van der Waals surface area (Å²) in [7, 11) is 1.58. The third kappa shape index (κ3) is 3.74. The van der Waals surface area contributed by atoms with Gasteiger partial charge in [-0.25, -0.2) is 0 Å². The van der Waals surface area contributed by atoms with Gasteiger partial charge < -0.3 is 15.0 Å². The molecule has 168 valence electrons. The Kier molecular flexibility index (Phi) is 5.94. The summed E-state index contributed by atoms with van der Waals surface area (Å²) in [5.74, 6) is 0.0826. The molecule has 2 amide bonds. The predicted octanol–water partition coefficient (Wildman–Crippen LogP) is 4.97. The minimum absolute atomic E-state index is 0.153. The van der Waals surface area contributed by atoms with Crippen LogP contribution in [0.15, 0.2) is 34.8 Å². The number of hydrogen-bond acceptors (Lipinski definition) is 5. The third-order valence-electron chi connectivity index (χ3n) is 6.47. The molecule has 4 rings (SSSR count). The van der Waals surface area contributed by atoms with Gasteiger partial charge in [0.2, 0.25) is 5.91 Å². The van der Waals surface area contributed by atoms with E-state index in [-0.39, 0.29) is 29.6 Å². The molecule has 1 saturated carbocycles. The van der Waals surface area contributed by atoms with E-state index < -0.39 is 10.5 Å². The van der Waals surface area contributed by atoms with E-state index in [2.05, 4.69) is 21.2 Å². The Balaban J connectivity index is 1.69. The van der Waals surface area contributed by atoms with Gasteiger partial charge >= 0.3 is 0 Å². The van der Waals surface area contributed by atoms with E-state index in [4.69, 9.17) is 4.74 Å². The van der Waals surface area contributed by atoms with Gasteiger partial charge in [-0.3, -0.25) is 19.7 Å². The summed E-state index contributed by atoms with van der Waals surface area (Å²) in [6, 6.07) is 8.16. The highest BCUT2D eigenvalue weighted by Gasteiger charge is 2.50. The number of nitrogens with one attached hydrogen (secondary N) is 1. The van der Waals surface area contributed by atoms with Gasteiger partial charge in [-0.1, -0.05) is 41.3 Å². The standard InChI is InChI=1S/C23H24BrN3O5/c1-14-6-7-15(10-20(14)32-2)25-22(29)23(8-4-3-5-9-23)26-13-18-17(21(26)28)11-16(27(30)31)12-19(18)24/h6-7,10-12H,3-5,8-9,13H2,1-2H3,(H,25,29). The summed E-state index contributed by atoms with van der Waals surface area (Å²) in [5, 5.41) is 14.3. The number of non-ortho nitro benzene ring substituents is 1. The van der Waals surface area contributed by atoms with E-state index in [1.807, 2.05) is 19.1 Å². The van der Waals surface area contributed by atoms with E-state index in [1.54, 1.807) is 18.1 Å². The fourth-order valence-electron chi connectivity index (χ4n) is 4.70. The van der Waals surface area contributed by atoms with E-state index in [9.17, 15) is 19.7 Å². The average molecular weight is 502 g/mol. The van der Waals surface area contributed by atoms with Gasteiger partial charge in [-0.15, -0.1) is 0 Å². The SMILES string of the molecule is COc1cc(NC(=O)C2(N3Cc4c(Br)cc([N+](=O)[O-])cc4C3=O)CCCCC2)ccc1C. The van der Waals surface area contributed by atoms with Crippen molar-refractivity contribution >= 4 is 39.1 Å². The lowest BCUT2D eigenvalue weighted by molar-refractivity contribution is -0.385. The quantitative estimate of drug-likeness (QED) is 0.460. The van der Waals surface area contributed by atoms with Gasteiger partial charge in [0.1, 0.15) is 11.3 Å². The first-order chi connectivity index (χ1) is 15.3. The van der Waals surface area contributed by atoms with E-state index >= 15 is 0 Å². The van der Waals surface area contributed by atoms with Gasteiger partial charge in [-0.05, 0) is 37.0 Å². The molecular formula is C23H24BrN3O5. The van der Waals surface area contributed by atoms with Crippen molar-refractivity contribution in [2.24, 2.45) is 0 Å². The fourth-order valence-corrected chi connectivity index (χ4v) is 5.28. The third-order valence-corrected chi connectivity index (χ3v) is 7.18. The zero-order valence-corrected chi connectivity index (χ0v) is 19.5. The molecule has 0 radical (unpaired) electrons. The van der Waals surface area contributed by atoms with Crippen LogP contribution in [0.1, 0.15) is 53.6 Å². The number of benzene rings is 2. The minimum atomic E-state index is -1.01. The molecule has 0 spiro atoms. The van der Waals surface area contributed by atoms with Crippen LogP contribution in [0.25, 0.3) is 0 Å². The molecule has 1 aliphatic heterocycles. The van der Waals surface area contributed by atoms with Crippen LogP contribution in [-0.2, 0) is 11.3 Å². The smallest absolute Gasteiger partial charge is 0.271 e. The number of anilines is 1. The second kappa shape index (κ2) is 8.54. The molecule has 0 aromatic heterocycles. The maximum atomic E-state index is 13.7. The van der Waals surface area contributed by atoms with Gasteiger partial charge in [-0.2, -0.15) is 0 Å². The molecule has 2 aliphatic rings. The number of methoxy groups -OCH3 is 1. The zero-order chi connectivity index (χ0) is 23.0. The summed E-state index contributed by atoms with van der Waals surface area (Å²) in [4.78, 5) is 39.4. The lowest BCUT2D eigenvalue weighted by Gasteiger charge is -2.43. The number of rotatable bonds is 5. The molecule has 8 nitrogen and oxygen atoms in total. The van der Waals surface area contributed by atoms with Crippen LogP contribution >= 0.6 is 15.9 Å². The number of nitro benzene ring substituents is 1. The molecule has 0 unspecified atom stereocenters. The number of amides is 2. The Bertz CT molecular complexity index is 1110. The lowest BCUT2D eigenvalue weighted by atomic mass is 9.79. The average Bonchev–Trinajstić information content (AvgIpc) is 3.13. The first-order valence-corrected chi connectivity index (χ1v) is 11.3. The highest BCUT2D eigenvalue weighted by Crippen LogP contribution is 2.42. The van der Waals surface area contributed by atoms with Crippen molar-refractivity contribution in [3.63, 3.8) is 0 Å². The normalized spacial score (nSPS) is 17.1. The highest BCUT2D eigenvalue weighted by atomic mass is 79.9. The number of aryl methyl sites for hydroxylation is 1. The molecule has 0 bridgehead atoms. The Morgan fingerprint density at radius 2 is 1.94 bits per heavy atom. The van der Waals surface area contributed by atoms with Crippen LogP contribution in [0.2, 0.25) is 0 Å². The topological polar surface area (TPSA) is 102 Å². The largest absolute Gasteiger partial charge is 0.496 e. The number of carbonyl (C=O) groups excluding carboxylic acids is 2. The van der Waals surface area contributed by atoms with Crippen molar-refractivity contribution in [3.05, 3.63) is 61.6 Å². The summed E-state index contributed by atoms with van der Waals surface area (Å²) < 4.78 is 5.87. The van der Waals surface area contributed by atoms with Crippen LogP contribution in [0.4, 0.5) is 11.4 Å². The fraction of sp³-hybridized carbons (Fsp3) is 0.391. The molecule has 1 heterocycles. The predicted molar refractivity (Wildman–Crippen MR) is 123 cm³/mol. The maximum absolute atomic E-state index is 13.7. The van der Waals surface area contributed by atoms with E-state index in [0.717, 1.165) is 24.8 Å². The molecule has 1 N–H and O–H groups in total. The molecule has 2 aromatic carbocycles. The van der Waals surface area contributed by atoms with Crippen molar-refractivity contribution in [2.75, 3.05) is 12.4 Å². The van der Waals surface area contributed by atoms with Gasteiger partial charge in [0, 0.05) is 34.9 Å². The van der Waals surface area contributed by atoms with Gasteiger partial charge in [0.25, 0.3) is 11.6 Å². The Morgan fingerprint density at radius 3 is 2.59 bits per heavy atom. The Morgan fingerprint density at radius 1 is 1.22 bits per heavy atom. The van der Waals surface area contributed by atoms with E-state index in [0.29, 0.717) is 34.3 Å². The van der Waals surface area contributed by atoms with Crippen molar-refractivity contribution in [1.29, 1.82) is 0 Å². The summed E-state index contributed by atoms with van der Waals surface area (Å²) in [5.41, 5.74) is 1.34. The Hall–Kier alpha value is -2.94. The van der Waals surface area contributed by atoms with Crippen molar-refractivity contribution < 1.29 is 19.2 Å². The van der Waals surface area contributed by atoms with Crippen LogP contribution in [0.3, 0.4) is 0 Å². The molecule has 0 atom stereocenters. The Labute approximate surface area is 194 Å². The molecule has 32 heavy (non-hydrogen) atoms. The first-order valence-electron chi connectivity index (χ1n) is 10.5. The van der Waals surface area contributed by atoms with Crippen LogP contribution in [-0.4, -0.2) is 34.3 Å². The second-order valence-electron chi connectivity index (χ2n) is 8.33. The molecular weight excluding hydrogens is 478 g/mol. The second-order valence-corrected chi connectivity index (χ2v) is 9.19.